The Morgan fingerprint density at radius 1 is 1.56 bits per heavy atom. The van der Waals surface area contributed by atoms with Crippen molar-refractivity contribution in [3.05, 3.63) is 0 Å². The molecule has 0 aromatic rings. The molecule has 5 heteroatoms. The molecule has 0 radical (unpaired) electrons. The second kappa shape index (κ2) is 5.70. The first-order chi connectivity index (χ1) is 4.18. The van der Waals surface area contributed by atoms with E-state index in [2.05, 4.69) is 0 Å². The summed E-state index contributed by atoms with van der Waals surface area (Å²) in [5.74, 6) is 0. The fourth-order valence-corrected chi connectivity index (χ4v) is 0.985. The lowest BCUT2D eigenvalue weighted by Crippen LogP contribution is -2.14. The number of rotatable bonds is 4. The first-order valence-corrected chi connectivity index (χ1v) is 5.60. The Labute approximate surface area is 66.5 Å². The van der Waals surface area contributed by atoms with Gasteiger partial charge in [0.05, 0.1) is 6.61 Å². The van der Waals surface area contributed by atoms with Gasteiger partial charge in [-0.05, 0) is 7.05 Å². The van der Waals surface area contributed by atoms with Crippen LogP contribution in [0.2, 0.25) is 0 Å². The molecular formula is C4H10Cl2NOP. The van der Waals surface area contributed by atoms with E-state index < -0.39 is 6.78 Å². The summed E-state index contributed by atoms with van der Waals surface area (Å²) in [4.78, 5) is 0. The third-order valence-corrected chi connectivity index (χ3v) is 3.14. The Morgan fingerprint density at radius 2 is 2.11 bits per heavy atom. The molecule has 56 valence electrons. The van der Waals surface area contributed by atoms with Gasteiger partial charge in [0.2, 0.25) is 0 Å². The molecule has 0 atom stereocenters. The molecule has 0 aromatic heterocycles. The SMILES string of the molecule is COCCN(C)P(Cl)Cl. The molecule has 0 amide bonds. The third kappa shape index (κ3) is 5.38. The van der Waals surface area contributed by atoms with E-state index in [0.717, 1.165) is 6.54 Å². The summed E-state index contributed by atoms with van der Waals surface area (Å²) in [6, 6.07) is 0. The molecule has 0 fully saturated rings. The second-order valence-corrected chi connectivity index (χ2v) is 5.14. The quantitative estimate of drug-likeness (QED) is 0.630. The molecule has 2 nitrogen and oxygen atoms in total. The maximum absolute atomic E-state index is 5.56. The van der Waals surface area contributed by atoms with Gasteiger partial charge in [-0.1, -0.05) is 22.5 Å². The van der Waals surface area contributed by atoms with Gasteiger partial charge in [0.25, 0.3) is 0 Å². The minimum Gasteiger partial charge on any atom is -0.383 e. The lowest BCUT2D eigenvalue weighted by atomic mass is 10.7. The van der Waals surface area contributed by atoms with E-state index in [4.69, 9.17) is 27.2 Å². The van der Waals surface area contributed by atoms with Crippen molar-refractivity contribution in [3.63, 3.8) is 0 Å². The molecule has 0 saturated heterocycles. The molecule has 0 aliphatic carbocycles. The van der Waals surface area contributed by atoms with Crippen LogP contribution in [0.1, 0.15) is 0 Å². The van der Waals surface area contributed by atoms with Crippen molar-refractivity contribution < 1.29 is 4.74 Å². The van der Waals surface area contributed by atoms with Gasteiger partial charge in [-0.25, -0.2) is 0 Å². The van der Waals surface area contributed by atoms with Crippen molar-refractivity contribution in [1.82, 2.24) is 4.67 Å². The van der Waals surface area contributed by atoms with Gasteiger partial charge >= 0.3 is 0 Å². The monoisotopic (exact) mass is 189 g/mol. The maximum Gasteiger partial charge on any atom is 0.159 e. The fraction of sp³-hybridized carbons (Fsp3) is 1.00. The zero-order valence-corrected chi connectivity index (χ0v) is 7.88. The van der Waals surface area contributed by atoms with E-state index in [9.17, 15) is 0 Å². The van der Waals surface area contributed by atoms with Crippen molar-refractivity contribution in [3.8, 4) is 0 Å². The molecule has 0 N–H and O–H groups in total. The first kappa shape index (κ1) is 9.93. The topological polar surface area (TPSA) is 12.5 Å². The van der Waals surface area contributed by atoms with E-state index in [1.54, 1.807) is 7.11 Å². The van der Waals surface area contributed by atoms with Gasteiger partial charge in [0.15, 0.2) is 6.78 Å². The predicted molar refractivity (Wildman–Crippen MR) is 43.1 cm³/mol. The zero-order valence-electron chi connectivity index (χ0n) is 5.47. The van der Waals surface area contributed by atoms with Crippen LogP contribution in [-0.4, -0.2) is 32.0 Å². The number of halogens is 2. The lowest BCUT2D eigenvalue weighted by Gasteiger charge is -2.14. The molecular weight excluding hydrogens is 180 g/mol. The summed E-state index contributed by atoms with van der Waals surface area (Å²) in [6.07, 6.45) is 0. The molecule has 0 bridgehead atoms. The number of ether oxygens (including phenoxy) is 1. The summed E-state index contributed by atoms with van der Waals surface area (Å²) in [7, 11) is 3.52. The summed E-state index contributed by atoms with van der Waals surface area (Å²) >= 11 is 11.1. The molecule has 0 aliphatic rings. The van der Waals surface area contributed by atoms with Crippen LogP contribution in [0.3, 0.4) is 0 Å². The third-order valence-electron chi connectivity index (χ3n) is 0.877. The number of methoxy groups -OCH3 is 1. The van der Waals surface area contributed by atoms with Crippen LogP contribution < -0.4 is 0 Å². The minimum atomic E-state index is -0.976. The largest absolute Gasteiger partial charge is 0.383 e. The van der Waals surface area contributed by atoms with E-state index >= 15 is 0 Å². The maximum atomic E-state index is 5.56. The molecule has 0 spiro atoms. The van der Waals surface area contributed by atoms with Crippen LogP contribution in [0.15, 0.2) is 0 Å². The lowest BCUT2D eigenvalue weighted by molar-refractivity contribution is 0.187. The second-order valence-electron chi connectivity index (χ2n) is 1.59. The summed E-state index contributed by atoms with van der Waals surface area (Å²) in [5, 5.41) is 0. The van der Waals surface area contributed by atoms with Crippen LogP contribution in [0, 0.1) is 0 Å². The van der Waals surface area contributed by atoms with Gasteiger partial charge in [-0.3, -0.25) is 4.67 Å². The van der Waals surface area contributed by atoms with Crippen molar-refractivity contribution in [1.29, 1.82) is 0 Å². The zero-order chi connectivity index (χ0) is 7.28. The number of hydrogen-bond acceptors (Lipinski definition) is 2. The molecule has 0 saturated carbocycles. The van der Waals surface area contributed by atoms with E-state index in [-0.39, 0.29) is 0 Å². The average Bonchev–Trinajstić information content (AvgIpc) is 1.82. The van der Waals surface area contributed by atoms with E-state index in [0.29, 0.717) is 6.61 Å². The van der Waals surface area contributed by atoms with Crippen LogP contribution in [0.4, 0.5) is 0 Å². The standard InChI is InChI=1S/C4H10Cl2NOP/c1-7(9(5)6)3-4-8-2/h3-4H2,1-2H3. The Hall–Kier alpha value is 0.930. The normalized spacial score (nSPS) is 11.3. The highest BCUT2D eigenvalue weighted by atomic mass is 35.9. The van der Waals surface area contributed by atoms with Crippen LogP contribution in [0.25, 0.3) is 0 Å². The predicted octanol–water partition coefficient (Wildman–Crippen LogP) is 2.27. The van der Waals surface area contributed by atoms with Gasteiger partial charge in [0.1, 0.15) is 0 Å². The Bertz CT molecular complexity index is 73.6. The summed E-state index contributed by atoms with van der Waals surface area (Å²) in [5.41, 5.74) is 0. The van der Waals surface area contributed by atoms with Crippen LogP contribution in [-0.2, 0) is 4.74 Å². The van der Waals surface area contributed by atoms with E-state index in [1.807, 2.05) is 11.7 Å². The van der Waals surface area contributed by atoms with Crippen LogP contribution in [0.5, 0.6) is 0 Å². The average molecular weight is 190 g/mol. The van der Waals surface area contributed by atoms with Gasteiger partial charge in [-0.15, -0.1) is 0 Å². The molecule has 0 heterocycles. The Kier molecular flexibility index (Phi) is 6.28. The van der Waals surface area contributed by atoms with Crippen LogP contribution >= 0.6 is 29.3 Å². The highest BCUT2D eigenvalue weighted by Gasteiger charge is 2.05. The molecule has 0 unspecified atom stereocenters. The first-order valence-electron chi connectivity index (χ1n) is 2.50. The van der Waals surface area contributed by atoms with Gasteiger partial charge in [0, 0.05) is 13.7 Å². The Morgan fingerprint density at radius 3 is 2.44 bits per heavy atom. The summed E-state index contributed by atoms with van der Waals surface area (Å²) in [6.45, 7) is 0.487. The van der Waals surface area contributed by atoms with Gasteiger partial charge < -0.3 is 4.74 Å². The number of nitrogens with zero attached hydrogens (tertiary/aromatic N) is 1. The van der Waals surface area contributed by atoms with E-state index in [1.165, 1.54) is 0 Å². The fourth-order valence-electron chi connectivity index (χ4n) is 0.299. The molecule has 0 aliphatic heterocycles. The van der Waals surface area contributed by atoms with Crippen molar-refractivity contribution in [2.24, 2.45) is 0 Å². The summed E-state index contributed by atoms with van der Waals surface area (Å²) < 4.78 is 6.66. The minimum absolute atomic E-state index is 0.675. The van der Waals surface area contributed by atoms with Crippen molar-refractivity contribution >= 4 is 29.3 Å². The number of likely N-dealkylation sites (N-methyl/N-ethyl adjacent to an activating group) is 1. The number of hydrogen-bond donors (Lipinski definition) is 0. The molecule has 0 aromatic carbocycles. The highest BCUT2D eigenvalue weighted by Crippen LogP contribution is 2.48. The van der Waals surface area contributed by atoms with Gasteiger partial charge in [-0.2, -0.15) is 0 Å². The highest BCUT2D eigenvalue weighted by molar-refractivity contribution is 8.02. The smallest absolute Gasteiger partial charge is 0.159 e. The van der Waals surface area contributed by atoms with Crippen molar-refractivity contribution in [2.75, 3.05) is 27.3 Å². The molecule has 9 heavy (non-hydrogen) atoms. The molecule has 0 rings (SSSR count). The Balaban J connectivity index is 3.16. The van der Waals surface area contributed by atoms with Crippen molar-refractivity contribution in [2.45, 2.75) is 0 Å².